The normalized spacial score (nSPS) is 16.8. The van der Waals surface area contributed by atoms with Gasteiger partial charge in [-0.3, -0.25) is 4.79 Å². The summed E-state index contributed by atoms with van der Waals surface area (Å²) in [6, 6.07) is 26.6. The number of nitrogens with zero attached hydrogens (tertiary/aromatic N) is 6. The van der Waals surface area contributed by atoms with E-state index >= 15 is 0 Å². The number of hydrogen-bond acceptors (Lipinski definition) is 5. The third-order valence-corrected chi connectivity index (χ3v) is 7.61. The minimum Gasteiger partial charge on any atom is -0.338 e. The topological polar surface area (TPSA) is 66.6 Å². The zero-order chi connectivity index (χ0) is 26.2. The molecule has 0 aliphatic carbocycles. The van der Waals surface area contributed by atoms with E-state index < -0.39 is 0 Å². The predicted octanol–water partition coefficient (Wildman–Crippen LogP) is 5.48. The molecule has 0 spiro atoms. The van der Waals surface area contributed by atoms with Crippen molar-refractivity contribution in [1.82, 2.24) is 24.5 Å². The maximum Gasteiger partial charge on any atom is 0.230 e. The van der Waals surface area contributed by atoms with Crippen molar-refractivity contribution in [2.75, 3.05) is 24.5 Å². The monoisotopic (exact) mass is 504 g/mol. The molecule has 0 saturated carbocycles. The Morgan fingerprint density at radius 2 is 1.76 bits per heavy atom. The zero-order valence-corrected chi connectivity index (χ0v) is 22.1. The van der Waals surface area contributed by atoms with E-state index in [0.717, 1.165) is 45.9 Å². The molecule has 1 saturated heterocycles. The quantitative estimate of drug-likeness (QED) is 0.317. The minimum atomic E-state index is -0.124. The van der Waals surface area contributed by atoms with Gasteiger partial charge in [0.15, 0.2) is 11.5 Å². The van der Waals surface area contributed by atoms with Crippen molar-refractivity contribution in [3.63, 3.8) is 0 Å². The molecule has 0 radical (unpaired) electrons. The van der Waals surface area contributed by atoms with E-state index in [1.54, 1.807) is 0 Å². The summed E-state index contributed by atoms with van der Waals surface area (Å²) in [4.78, 5) is 23.1. The second-order valence-electron chi connectivity index (χ2n) is 10.2. The molecular formula is C31H32N6O. The van der Waals surface area contributed by atoms with Gasteiger partial charge in [0.1, 0.15) is 0 Å². The van der Waals surface area contributed by atoms with Crippen LogP contribution in [0, 0.1) is 6.92 Å². The largest absolute Gasteiger partial charge is 0.338 e. The number of benzene rings is 3. The summed E-state index contributed by atoms with van der Waals surface area (Å²) in [5, 5.41) is 10.2. The first-order chi connectivity index (χ1) is 18.5. The molecule has 0 unspecified atom stereocenters. The van der Waals surface area contributed by atoms with Gasteiger partial charge < -0.3 is 9.80 Å². The van der Waals surface area contributed by atoms with Crippen LogP contribution in [0.5, 0.6) is 0 Å². The van der Waals surface area contributed by atoms with Gasteiger partial charge in [-0.1, -0.05) is 73.2 Å². The molecule has 38 heavy (non-hydrogen) atoms. The Morgan fingerprint density at radius 3 is 2.53 bits per heavy atom. The number of piperazine rings is 1. The number of carbonyl (C=O) groups excluding carboxylic acids is 1. The van der Waals surface area contributed by atoms with E-state index in [2.05, 4.69) is 70.6 Å². The van der Waals surface area contributed by atoms with E-state index in [9.17, 15) is 4.79 Å². The van der Waals surface area contributed by atoms with Crippen LogP contribution in [0.4, 0.5) is 5.95 Å². The van der Waals surface area contributed by atoms with Crippen LogP contribution in [0.25, 0.3) is 27.9 Å². The smallest absolute Gasteiger partial charge is 0.230 e. The Kier molecular flexibility index (Phi) is 6.27. The SMILES string of the molecule is CC[C@H](C(=O)N1CCN(c2nc3ccccc3c3nnc(-c4cccc(C)c4)n23)C[C@H]1C)c1ccccc1. The third-order valence-electron chi connectivity index (χ3n) is 7.61. The molecule has 1 aliphatic rings. The Balaban J connectivity index is 1.37. The standard InChI is InChI=1S/C31H32N6O/c1-4-25(23-12-6-5-7-13-23)30(38)36-18-17-35(20-22(36)3)31-32-27-16-9-8-15-26(27)29-34-33-28(37(29)31)24-14-10-11-21(2)19-24/h5-16,19,22,25H,4,17-18,20H2,1-3H3/t22-,25+/m1/s1. The second-order valence-corrected chi connectivity index (χ2v) is 10.2. The van der Waals surface area contributed by atoms with E-state index in [4.69, 9.17) is 4.98 Å². The number of carbonyl (C=O) groups is 1. The van der Waals surface area contributed by atoms with Crippen LogP contribution in [0.3, 0.4) is 0 Å². The first kappa shape index (κ1) is 24.1. The molecule has 192 valence electrons. The number of rotatable bonds is 5. The lowest BCUT2D eigenvalue weighted by Gasteiger charge is -2.41. The number of aromatic nitrogens is 4. The summed E-state index contributed by atoms with van der Waals surface area (Å²) in [6.45, 7) is 8.31. The van der Waals surface area contributed by atoms with E-state index in [-0.39, 0.29) is 17.9 Å². The van der Waals surface area contributed by atoms with Crippen molar-refractivity contribution >= 4 is 28.4 Å². The van der Waals surface area contributed by atoms with Gasteiger partial charge in [-0.25, -0.2) is 9.38 Å². The summed E-state index contributed by atoms with van der Waals surface area (Å²) >= 11 is 0. The van der Waals surface area contributed by atoms with Crippen LogP contribution < -0.4 is 4.90 Å². The number of hydrogen-bond donors (Lipinski definition) is 0. The lowest BCUT2D eigenvalue weighted by molar-refractivity contribution is -0.135. The van der Waals surface area contributed by atoms with Gasteiger partial charge in [0, 0.05) is 36.6 Å². The van der Waals surface area contributed by atoms with Gasteiger partial charge in [0.05, 0.1) is 11.4 Å². The van der Waals surface area contributed by atoms with E-state index in [0.29, 0.717) is 19.6 Å². The van der Waals surface area contributed by atoms with Crippen molar-refractivity contribution in [1.29, 1.82) is 0 Å². The second kappa shape index (κ2) is 9.89. The van der Waals surface area contributed by atoms with Crippen LogP contribution in [0.2, 0.25) is 0 Å². The highest BCUT2D eigenvalue weighted by Crippen LogP contribution is 2.31. The fraction of sp³-hybridized carbons (Fsp3) is 0.290. The highest BCUT2D eigenvalue weighted by atomic mass is 16.2. The molecule has 0 bridgehead atoms. The molecule has 6 rings (SSSR count). The highest BCUT2D eigenvalue weighted by molar-refractivity contribution is 5.93. The average Bonchev–Trinajstić information content (AvgIpc) is 3.39. The van der Waals surface area contributed by atoms with Crippen molar-refractivity contribution in [2.24, 2.45) is 0 Å². The molecule has 1 fully saturated rings. The van der Waals surface area contributed by atoms with E-state index in [1.165, 1.54) is 5.56 Å². The van der Waals surface area contributed by atoms with E-state index in [1.807, 2.05) is 53.4 Å². The zero-order valence-electron chi connectivity index (χ0n) is 22.1. The Hall–Kier alpha value is -4.26. The highest BCUT2D eigenvalue weighted by Gasteiger charge is 2.33. The fourth-order valence-corrected chi connectivity index (χ4v) is 5.65. The number of amides is 1. The summed E-state index contributed by atoms with van der Waals surface area (Å²) in [5.41, 5.74) is 4.94. The first-order valence-corrected chi connectivity index (χ1v) is 13.4. The third kappa shape index (κ3) is 4.18. The molecule has 3 aromatic carbocycles. The summed E-state index contributed by atoms with van der Waals surface area (Å²) in [5.74, 6) is 1.67. The van der Waals surface area contributed by atoms with Gasteiger partial charge in [-0.05, 0) is 44.0 Å². The lowest BCUT2D eigenvalue weighted by atomic mass is 9.94. The van der Waals surface area contributed by atoms with Gasteiger partial charge in [-0.2, -0.15) is 0 Å². The Labute approximate surface area is 222 Å². The van der Waals surface area contributed by atoms with Crippen molar-refractivity contribution < 1.29 is 4.79 Å². The van der Waals surface area contributed by atoms with Gasteiger partial charge in [0.25, 0.3) is 0 Å². The Morgan fingerprint density at radius 1 is 0.974 bits per heavy atom. The molecule has 7 nitrogen and oxygen atoms in total. The molecule has 1 aliphatic heterocycles. The fourth-order valence-electron chi connectivity index (χ4n) is 5.65. The summed E-state index contributed by atoms with van der Waals surface area (Å²) in [7, 11) is 0. The molecule has 1 amide bonds. The number of aryl methyl sites for hydroxylation is 1. The maximum absolute atomic E-state index is 13.7. The molecule has 0 N–H and O–H groups in total. The lowest BCUT2D eigenvalue weighted by Crippen LogP contribution is -2.55. The number of para-hydroxylation sites is 1. The van der Waals surface area contributed by atoms with Crippen LogP contribution in [0.15, 0.2) is 78.9 Å². The van der Waals surface area contributed by atoms with Crippen molar-refractivity contribution in [2.45, 2.75) is 39.2 Å². The molecule has 2 atom stereocenters. The van der Waals surface area contributed by atoms with Crippen molar-refractivity contribution in [3.05, 3.63) is 90.0 Å². The van der Waals surface area contributed by atoms with Crippen LogP contribution in [-0.4, -0.2) is 56.1 Å². The van der Waals surface area contributed by atoms with Crippen LogP contribution >= 0.6 is 0 Å². The molecule has 5 aromatic rings. The molecule has 7 heteroatoms. The van der Waals surface area contributed by atoms with Gasteiger partial charge in [0.2, 0.25) is 11.9 Å². The van der Waals surface area contributed by atoms with Crippen LogP contribution in [0.1, 0.15) is 37.3 Å². The Bertz CT molecular complexity index is 1610. The molecule has 2 aromatic heterocycles. The molecular weight excluding hydrogens is 472 g/mol. The summed E-state index contributed by atoms with van der Waals surface area (Å²) < 4.78 is 2.08. The van der Waals surface area contributed by atoms with Crippen molar-refractivity contribution in [3.8, 4) is 11.4 Å². The first-order valence-electron chi connectivity index (χ1n) is 13.4. The van der Waals surface area contributed by atoms with Gasteiger partial charge >= 0.3 is 0 Å². The minimum absolute atomic E-state index is 0.0382. The number of fused-ring (bicyclic) bond motifs is 3. The van der Waals surface area contributed by atoms with Gasteiger partial charge in [-0.15, -0.1) is 10.2 Å². The maximum atomic E-state index is 13.7. The summed E-state index contributed by atoms with van der Waals surface area (Å²) in [6.07, 6.45) is 0.781. The van der Waals surface area contributed by atoms with Crippen LogP contribution in [-0.2, 0) is 4.79 Å². The number of anilines is 1. The predicted molar refractivity (Wildman–Crippen MR) is 151 cm³/mol. The average molecular weight is 505 g/mol. The molecule has 3 heterocycles.